The molecule has 3 aliphatic carbocycles. The van der Waals surface area contributed by atoms with Crippen molar-refractivity contribution in [2.75, 3.05) is 0 Å². The van der Waals surface area contributed by atoms with Crippen molar-refractivity contribution in [1.29, 1.82) is 0 Å². The second-order valence-electron chi connectivity index (χ2n) is 5.73. The first-order valence-corrected chi connectivity index (χ1v) is 6.20. The maximum absolute atomic E-state index is 12.2. The minimum absolute atomic E-state index is 0.133. The average molecular weight is 230 g/mol. The van der Waals surface area contributed by atoms with Gasteiger partial charge >= 0.3 is 0 Å². The molecule has 3 fully saturated rings. The van der Waals surface area contributed by atoms with Crippen LogP contribution < -0.4 is 0 Å². The molecule has 6 atom stereocenters. The van der Waals surface area contributed by atoms with Crippen LogP contribution in [0.5, 0.6) is 0 Å². The molecule has 0 spiro atoms. The second-order valence-corrected chi connectivity index (χ2v) is 5.73. The van der Waals surface area contributed by atoms with E-state index in [2.05, 4.69) is 26.0 Å². The van der Waals surface area contributed by atoms with Gasteiger partial charge in [-0.05, 0) is 13.8 Å². The zero-order valence-corrected chi connectivity index (χ0v) is 9.84. The number of ether oxygens (including phenoxy) is 1. The topological polar surface area (TPSA) is 46.7 Å². The summed E-state index contributed by atoms with van der Waals surface area (Å²) in [5.74, 6) is 0.385. The van der Waals surface area contributed by atoms with E-state index in [0.29, 0.717) is 0 Å². The van der Waals surface area contributed by atoms with Crippen molar-refractivity contribution in [2.24, 2.45) is 23.7 Å². The maximum Gasteiger partial charge on any atom is 0.169 e. The Balaban J connectivity index is 1.87. The summed E-state index contributed by atoms with van der Waals surface area (Å²) in [7, 11) is 0. The molecular formula is C14H14O3. The van der Waals surface area contributed by atoms with Gasteiger partial charge in [0.1, 0.15) is 0 Å². The van der Waals surface area contributed by atoms with Crippen molar-refractivity contribution in [3.05, 3.63) is 23.3 Å². The number of epoxide rings is 1. The normalized spacial score (nSPS) is 49.4. The van der Waals surface area contributed by atoms with Crippen LogP contribution in [-0.2, 0) is 14.3 Å². The number of hydrogen-bond acceptors (Lipinski definition) is 3. The predicted molar refractivity (Wildman–Crippen MR) is 60.1 cm³/mol. The Hall–Kier alpha value is -1.22. The van der Waals surface area contributed by atoms with Crippen LogP contribution in [0.1, 0.15) is 13.8 Å². The quantitative estimate of drug-likeness (QED) is 0.465. The van der Waals surface area contributed by atoms with E-state index in [-0.39, 0.29) is 35.2 Å². The zero-order valence-electron chi connectivity index (χ0n) is 9.84. The molecule has 2 bridgehead atoms. The molecule has 17 heavy (non-hydrogen) atoms. The van der Waals surface area contributed by atoms with Gasteiger partial charge < -0.3 is 4.74 Å². The molecule has 2 saturated carbocycles. The third-order valence-corrected chi connectivity index (χ3v) is 4.69. The molecule has 88 valence electrons. The molecule has 1 heterocycles. The lowest BCUT2D eigenvalue weighted by molar-refractivity contribution is -0.135. The van der Waals surface area contributed by atoms with Crippen LogP contribution in [0.25, 0.3) is 0 Å². The molecule has 4 aliphatic rings. The molecule has 1 saturated heterocycles. The predicted octanol–water partition coefficient (Wildman–Crippen LogP) is 1.29. The highest BCUT2D eigenvalue weighted by Gasteiger charge is 2.67. The van der Waals surface area contributed by atoms with E-state index in [4.69, 9.17) is 4.74 Å². The van der Waals surface area contributed by atoms with Gasteiger partial charge in [-0.15, -0.1) is 0 Å². The van der Waals surface area contributed by atoms with Crippen LogP contribution in [0, 0.1) is 23.7 Å². The lowest BCUT2D eigenvalue weighted by Crippen LogP contribution is -2.43. The fourth-order valence-corrected chi connectivity index (χ4v) is 4.04. The first-order valence-electron chi connectivity index (χ1n) is 6.20. The molecule has 0 aromatic carbocycles. The first-order chi connectivity index (χ1) is 8.11. The zero-order chi connectivity index (χ0) is 11.9. The van der Waals surface area contributed by atoms with Crippen LogP contribution in [0.3, 0.4) is 0 Å². The Morgan fingerprint density at radius 3 is 1.88 bits per heavy atom. The highest BCUT2D eigenvalue weighted by molar-refractivity contribution is 6.07. The number of carbonyl (C=O) groups excluding carboxylic acids is 2. The van der Waals surface area contributed by atoms with Crippen molar-refractivity contribution < 1.29 is 14.3 Å². The molecule has 3 nitrogen and oxygen atoms in total. The Kier molecular flexibility index (Phi) is 1.60. The van der Waals surface area contributed by atoms with Crippen molar-refractivity contribution in [1.82, 2.24) is 0 Å². The average Bonchev–Trinajstić information content (AvgIpc) is 2.89. The van der Waals surface area contributed by atoms with Gasteiger partial charge in [-0.3, -0.25) is 9.59 Å². The Morgan fingerprint density at radius 2 is 1.47 bits per heavy atom. The highest BCUT2D eigenvalue weighted by Crippen LogP contribution is 2.58. The minimum atomic E-state index is -0.407. The molecule has 0 radical (unpaired) electrons. The lowest BCUT2D eigenvalue weighted by atomic mass is 9.72. The molecule has 1 aliphatic heterocycles. The number of carbonyl (C=O) groups is 2. The van der Waals surface area contributed by atoms with Gasteiger partial charge in [0, 0.05) is 23.7 Å². The summed E-state index contributed by atoms with van der Waals surface area (Å²) in [5.41, 5.74) is 2.57. The van der Waals surface area contributed by atoms with E-state index < -0.39 is 12.2 Å². The Labute approximate surface area is 99.5 Å². The highest BCUT2D eigenvalue weighted by atomic mass is 16.6. The third-order valence-electron chi connectivity index (χ3n) is 4.69. The third kappa shape index (κ3) is 0.974. The van der Waals surface area contributed by atoms with E-state index in [1.165, 1.54) is 11.1 Å². The second kappa shape index (κ2) is 2.78. The summed E-state index contributed by atoms with van der Waals surface area (Å²) in [5, 5.41) is 0. The molecule has 3 heteroatoms. The maximum atomic E-state index is 12.2. The van der Waals surface area contributed by atoms with Crippen LogP contribution in [0.2, 0.25) is 0 Å². The van der Waals surface area contributed by atoms with Crippen LogP contribution in [0.4, 0.5) is 0 Å². The molecule has 0 amide bonds. The molecule has 0 aromatic heterocycles. The van der Waals surface area contributed by atoms with Crippen molar-refractivity contribution >= 4 is 11.6 Å². The summed E-state index contributed by atoms with van der Waals surface area (Å²) in [6.45, 7) is 4.15. The van der Waals surface area contributed by atoms with E-state index in [9.17, 15) is 9.59 Å². The number of hydrogen-bond donors (Lipinski definition) is 0. The summed E-state index contributed by atoms with van der Waals surface area (Å²) < 4.78 is 5.22. The van der Waals surface area contributed by atoms with E-state index in [1.54, 1.807) is 0 Å². The van der Waals surface area contributed by atoms with Gasteiger partial charge in [-0.2, -0.15) is 0 Å². The summed E-state index contributed by atoms with van der Waals surface area (Å²) in [6.07, 6.45) is 3.41. The fourth-order valence-electron chi connectivity index (χ4n) is 4.04. The van der Waals surface area contributed by atoms with Gasteiger partial charge in [-0.25, -0.2) is 0 Å². The Bertz CT molecular complexity index is 472. The van der Waals surface area contributed by atoms with Crippen molar-refractivity contribution in [3.63, 3.8) is 0 Å². The lowest BCUT2D eigenvalue weighted by Gasteiger charge is -2.26. The smallest absolute Gasteiger partial charge is 0.169 e. The number of ketones is 2. The molecule has 4 unspecified atom stereocenters. The fraction of sp³-hybridized carbons (Fsp3) is 0.571. The van der Waals surface area contributed by atoms with Crippen LogP contribution >= 0.6 is 0 Å². The summed E-state index contributed by atoms with van der Waals surface area (Å²) in [6, 6.07) is 0. The van der Waals surface area contributed by atoms with Crippen molar-refractivity contribution in [2.45, 2.75) is 26.1 Å². The number of allylic oxidation sites excluding steroid dienone is 4. The Morgan fingerprint density at radius 1 is 1.00 bits per heavy atom. The summed E-state index contributed by atoms with van der Waals surface area (Å²) in [4.78, 5) is 24.4. The number of Topliss-reactive ketones (excluding diaryl/α,β-unsaturated/α-hetero) is 2. The number of rotatable bonds is 0. The van der Waals surface area contributed by atoms with E-state index in [0.717, 1.165) is 0 Å². The largest absolute Gasteiger partial charge is 0.353 e. The first kappa shape index (κ1) is 9.77. The van der Waals surface area contributed by atoms with E-state index >= 15 is 0 Å². The summed E-state index contributed by atoms with van der Waals surface area (Å²) >= 11 is 0. The number of fused-ring (bicyclic) bond motifs is 6. The molecule has 4 rings (SSSR count). The molecule has 0 N–H and O–H groups in total. The van der Waals surface area contributed by atoms with Gasteiger partial charge in [0.15, 0.2) is 23.8 Å². The van der Waals surface area contributed by atoms with Gasteiger partial charge in [0.25, 0.3) is 0 Å². The SMILES string of the molecule is CC(C)=C1C2C=CC1C1C(=O)[C@@H]3O[C@H]3C(=O)C21. The molecular weight excluding hydrogens is 216 g/mol. The van der Waals surface area contributed by atoms with Crippen LogP contribution in [0.15, 0.2) is 23.3 Å². The van der Waals surface area contributed by atoms with Gasteiger partial charge in [0.05, 0.1) is 0 Å². The standard InChI is InChI=1S/C14H14O3/c1-5(2)8-6-3-4-7(8)10-9(6)11(15)13-14(17-13)12(10)16/h3-4,6-7,9-10,13-14H,1-2H3/t6?,7?,9?,10?,13-,14-/m0/s1. The van der Waals surface area contributed by atoms with Gasteiger partial charge in [0.2, 0.25) is 0 Å². The minimum Gasteiger partial charge on any atom is -0.353 e. The van der Waals surface area contributed by atoms with Crippen molar-refractivity contribution in [3.8, 4) is 0 Å². The van der Waals surface area contributed by atoms with E-state index in [1.807, 2.05) is 0 Å². The van der Waals surface area contributed by atoms with Gasteiger partial charge in [-0.1, -0.05) is 23.3 Å². The molecule has 0 aromatic rings. The van der Waals surface area contributed by atoms with Crippen LogP contribution in [-0.4, -0.2) is 23.8 Å². The monoisotopic (exact) mass is 230 g/mol.